The predicted octanol–water partition coefficient (Wildman–Crippen LogP) is 3.08. The summed E-state index contributed by atoms with van der Waals surface area (Å²) >= 11 is 6.33. The molecule has 0 atom stereocenters. The molecule has 0 amide bonds. The first-order valence-electron chi connectivity index (χ1n) is 9.70. The van der Waals surface area contributed by atoms with Crippen LogP contribution in [-0.2, 0) is 13.1 Å². The fraction of sp³-hybridized carbons (Fsp3) is 0.130. The Labute approximate surface area is 187 Å². The summed E-state index contributed by atoms with van der Waals surface area (Å²) in [7, 11) is 1.52. The predicted molar refractivity (Wildman–Crippen MR) is 122 cm³/mol. The Hall–Kier alpha value is -3.91. The number of carbonyl (C=O) groups is 1. The minimum atomic E-state index is -0.597. The molecule has 2 aromatic heterocycles. The Morgan fingerprint density at radius 1 is 1.19 bits per heavy atom. The summed E-state index contributed by atoms with van der Waals surface area (Å²) in [5.41, 5.74) is -0.123. The van der Waals surface area contributed by atoms with Crippen LogP contribution in [0.3, 0.4) is 0 Å². The molecule has 0 saturated carbocycles. The zero-order chi connectivity index (χ0) is 22.8. The first kappa shape index (κ1) is 21.3. The molecule has 0 saturated heterocycles. The maximum Gasteiger partial charge on any atom is 0.337 e. The van der Waals surface area contributed by atoms with Crippen LogP contribution in [0.4, 0.5) is 0 Å². The maximum absolute atomic E-state index is 13.2. The van der Waals surface area contributed by atoms with E-state index in [1.165, 1.54) is 28.6 Å². The van der Waals surface area contributed by atoms with Gasteiger partial charge in [0, 0.05) is 12.1 Å². The second kappa shape index (κ2) is 8.68. The van der Waals surface area contributed by atoms with E-state index in [-0.39, 0.29) is 30.0 Å². The largest absolute Gasteiger partial charge is 0.497 e. The van der Waals surface area contributed by atoms with Gasteiger partial charge in [-0.05, 0) is 24.3 Å². The van der Waals surface area contributed by atoms with Gasteiger partial charge in [0.2, 0.25) is 0 Å². The minimum Gasteiger partial charge on any atom is -0.497 e. The first-order valence-corrected chi connectivity index (χ1v) is 10.1. The number of methoxy groups -OCH3 is 1. The van der Waals surface area contributed by atoms with E-state index in [2.05, 4.69) is 11.6 Å². The van der Waals surface area contributed by atoms with Crippen molar-refractivity contribution in [1.82, 2.24) is 18.7 Å². The molecule has 2 aromatic carbocycles. The molecule has 0 spiro atoms. The molecule has 0 fully saturated rings. The molecule has 162 valence electrons. The van der Waals surface area contributed by atoms with Crippen molar-refractivity contribution in [2.45, 2.75) is 13.1 Å². The quantitative estimate of drug-likeness (QED) is 0.319. The molecule has 0 unspecified atom stereocenters. The summed E-state index contributed by atoms with van der Waals surface area (Å²) in [6.45, 7) is 3.48. The van der Waals surface area contributed by atoms with E-state index in [0.717, 1.165) is 4.57 Å². The number of rotatable bonds is 7. The molecule has 4 aromatic rings. The molecular formula is C23H19ClN4O4. The molecule has 2 heterocycles. The standard InChI is InChI=1S/C23H19ClN4O4/c1-3-11-27-22(30)20-21(28(23(27)31)18-10-5-4-9-17(18)24)25-14-26(20)13-19(29)15-7-6-8-16(12-15)32-2/h3-10,12,14H,1,11,13H2,2H3. The number of halogens is 1. The normalized spacial score (nSPS) is 10.9. The Morgan fingerprint density at radius 2 is 1.97 bits per heavy atom. The van der Waals surface area contributed by atoms with Crippen LogP contribution in [-0.4, -0.2) is 31.6 Å². The van der Waals surface area contributed by atoms with Crippen molar-refractivity contribution in [3.63, 3.8) is 0 Å². The van der Waals surface area contributed by atoms with Crippen LogP contribution >= 0.6 is 11.6 Å². The number of Topliss-reactive ketones (excluding diaryl/α,β-unsaturated/α-hetero) is 1. The van der Waals surface area contributed by atoms with Gasteiger partial charge in [0.1, 0.15) is 5.75 Å². The molecule has 9 heteroatoms. The van der Waals surface area contributed by atoms with Crippen LogP contribution in [0.5, 0.6) is 5.75 Å². The maximum atomic E-state index is 13.2. The molecule has 0 aliphatic carbocycles. The van der Waals surface area contributed by atoms with Crippen LogP contribution in [0.25, 0.3) is 16.9 Å². The average molecular weight is 451 g/mol. The zero-order valence-electron chi connectivity index (χ0n) is 17.2. The summed E-state index contributed by atoms with van der Waals surface area (Å²) in [5.74, 6) is 0.306. The van der Waals surface area contributed by atoms with E-state index in [9.17, 15) is 14.4 Å². The van der Waals surface area contributed by atoms with Gasteiger partial charge in [-0.2, -0.15) is 0 Å². The van der Waals surface area contributed by atoms with E-state index >= 15 is 0 Å². The van der Waals surface area contributed by atoms with Gasteiger partial charge in [-0.3, -0.25) is 14.2 Å². The average Bonchev–Trinajstić information content (AvgIpc) is 3.21. The van der Waals surface area contributed by atoms with Crippen molar-refractivity contribution in [2.24, 2.45) is 0 Å². The second-order valence-electron chi connectivity index (χ2n) is 6.97. The fourth-order valence-electron chi connectivity index (χ4n) is 3.48. The van der Waals surface area contributed by atoms with E-state index in [1.807, 2.05) is 0 Å². The zero-order valence-corrected chi connectivity index (χ0v) is 18.0. The number of hydrogen-bond donors (Lipinski definition) is 0. The number of aromatic nitrogens is 4. The van der Waals surface area contributed by atoms with Crippen molar-refractivity contribution in [3.8, 4) is 11.4 Å². The summed E-state index contributed by atoms with van der Waals surface area (Å²) in [4.78, 5) is 43.5. The third kappa shape index (κ3) is 3.65. The van der Waals surface area contributed by atoms with E-state index in [1.54, 1.807) is 48.5 Å². The highest BCUT2D eigenvalue weighted by Gasteiger charge is 2.21. The lowest BCUT2D eigenvalue weighted by atomic mass is 10.1. The van der Waals surface area contributed by atoms with Gasteiger partial charge < -0.3 is 9.30 Å². The lowest BCUT2D eigenvalue weighted by molar-refractivity contribution is 0.0973. The van der Waals surface area contributed by atoms with Crippen molar-refractivity contribution in [3.05, 3.63) is 98.9 Å². The SMILES string of the molecule is C=CCn1c(=O)c2c(ncn2CC(=O)c2cccc(OC)c2)n(-c2ccccc2Cl)c1=O. The lowest BCUT2D eigenvalue weighted by Crippen LogP contribution is -2.40. The van der Waals surface area contributed by atoms with Crippen molar-refractivity contribution in [1.29, 1.82) is 0 Å². The number of ether oxygens (including phenoxy) is 1. The molecular weight excluding hydrogens is 432 g/mol. The third-order valence-corrected chi connectivity index (χ3v) is 5.33. The summed E-state index contributed by atoms with van der Waals surface area (Å²) in [6, 6.07) is 13.5. The second-order valence-corrected chi connectivity index (χ2v) is 7.38. The summed E-state index contributed by atoms with van der Waals surface area (Å²) < 4.78 is 8.92. The van der Waals surface area contributed by atoms with Crippen LogP contribution < -0.4 is 16.0 Å². The Balaban J connectivity index is 1.92. The van der Waals surface area contributed by atoms with Gasteiger partial charge in [0.25, 0.3) is 5.56 Å². The monoisotopic (exact) mass is 450 g/mol. The van der Waals surface area contributed by atoms with Crippen LogP contribution in [0.15, 0.2) is 77.1 Å². The molecule has 0 radical (unpaired) electrons. The molecule has 0 N–H and O–H groups in total. The first-order chi connectivity index (χ1) is 15.5. The van der Waals surface area contributed by atoms with Gasteiger partial charge in [0.05, 0.1) is 30.7 Å². The number of fused-ring (bicyclic) bond motifs is 1. The minimum absolute atomic E-state index is 0.00688. The van der Waals surface area contributed by atoms with E-state index in [4.69, 9.17) is 16.3 Å². The molecule has 4 rings (SSSR count). The summed E-state index contributed by atoms with van der Waals surface area (Å²) in [5, 5.41) is 0.321. The third-order valence-electron chi connectivity index (χ3n) is 5.01. The fourth-order valence-corrected chi connectivity index (χ4v) is 3.70. The van der Waals surface area contributed by atoms with Gasteiger partial charge in [-0.1, -0.05) is 41.9 Å². The van der Waals surface area contributed by atoms with Crippen LogP contribution in [0, 0.1) is 0 Å². The summed E-state index contributed by atoms with van der Waals surface area (Å²) in [6.07, 6.45) is 2.82. The van der Waals surface area contributed by atoms with Crippen molar-refractivity contribution >= 4 is 28.5 Å². The Morgan fingerprint density at radius 3 is 2.69 bits per heavy atom. The molecule has 8 nitrogen and oxygen atoms in total. The topological polar surface area (TPSA) is 88.1 Å². The van der Waals surface area contributed by atoms with Crippen molar-refractivity contribution in [2.75, 3.05) is 7.11 Å². The highest BCUT2D eigenvalue weighted by atomic mass is 35.5. The van der Waals surface area contributed by atoms with E-state index in [0.29, 0.717) is 22.0 Å². The van der Waals surface area contributed by atoms with Crippen LogP contribution in [0.2, 0.25) is 5.02 Å². The number of ketones is 1. The number of carbonyl (C=O) groups excluding carboxylic acids is 1. The Bertz CT molecular complexity index is 1470. The smallest absolute Gasteiger partial charge is 0.337 e. The van der Waals surface area contributed by atoms with Gasteiger partial charge >= 0.3 is 5.69 Å². The number of para-hydroxylation sites is 1. The van der Waals surface area contributed by atoms with Crippen LogP contribution in [0.1, 0.15) is 10.4 Å². The number of nitrogens with zero attached hydrogens (tertiary/aromatic N) is 4. The lowest BCUT2D eigenvalue weighted by Gasteiger charge is -2.12. The molecule has 0 bridgehead atoms. The van der Waals surface area contributed by atoms with E-state index < -0.39 is 11.2 Å². The van der Waals surface area contributed by atoms with Gasteiger partial charge in [-0.25, -0.2) is 14.3 Å². The number of allylic oxidation sites excluding steroid dienone is 1. The molecule has 32 heavy (non-hydrogen) atoms. The number of imidazole rings is 1. The number of hydrogen-bond acceptors (Lipinski definition) is 5. The van der Waals surface area contributed by atoms with Gasteiger partial charge in [0.15, 0.2) is 16.9 Å². The highest BCUT2D eigenvalue weighted by Crippen LogP contribution is 2.21. The highest BCUT2D eigenvalue weighted by molar-refractivity contribution is 6.32. The van der Waals surface area contributed by atoms with Gasteiger partial charge in [-0.15, -0.1) is 6.58 Å². The molecule has 0 aliphatic rings. The number of benzene rings is 2. The van der Waals surface area contributed by atoms with Crippen molar-refractivity contribution < 1.29 is 9.53 Å². The Kier molecular flexibility index (Phi) is 5.79. The molecule has 0 aliphatic heterocycles.